The summed E-state index contributed by atoms with van der Waals surface area (Å²) in [6.07, 6.45) is 3.26. The van der Waals surface area contributed by atoms with Gasteiger partial charge in [-0.2, -0.15) is 0 Å². The van der Waals surface area contributed by atoms with E-state index >= 15 is 0 Å². The first-order chi connectivity index (χ1) is 9.13. The highest BCUT2D eigenvalue weighted by molar-refractivity contribution is 7.09. The van der Waals surface area contributed by atoms with Gasteiger partial charge in [0.05, 0.1) is 6.54 Å². The molecule has 0 radical (unpaired) electrons. The third kappa shape index (κ3) is 3.96. The van der Waals surface area contributed by atoms with Crippen LogP contribution in [0.25, 0.3) is 0 Å². The number of nitrogens with zero attached hydrogens (tertiary/aromatic N) is 1. The maximum Gasteiger partial charge on any atom is 0.226 e. The van der Waals surface area contributed by atoms with Gasteiger partial charge < -0.3 is 10.6 Å². The minimum Gasteiger partial charge on any atom is -0.335 e. The van der Waals surface area contributed by atoms with Crippen molar-refractivity contribution in [1.29, 1.82) is 0 Å². The Balaban J connectivity index is 0.00000200. The molecular formula is C15H25ClN2OS. The quantitative estimate of drug-likeness (QED) is 0.906. The van der Waals surface area contributed by atoms with Crippen LogP contribution in [0.3, 0.4) is 0 Å². The summed E-state index contributed by atoms with van der Waals surface area (Å²) in [5, 5.41) is 2.07. The minimum atomic E-state index is 0. The molecule has 3 nitrogen and oxygen atoms in total. The summed E-state index contributed by atoms with van der Waals surface area (Å²) >= 11 is 1.72. The van der Waals surface area contributed by atoms with E-state index in [-0.39, 0.29) is 24.4 Å². The molecule has 1 aromatic rings. The Morgan fingerprint density at radius 2 is 2.25 bits per heavy atom. The average molecular weight is 317 g/mol. The Morgan fingerprint density at radius 1 is 1.50 bits per heavy atom. The number of hydrogen-bond acceptors (Lipinski definition) is 3. The molecule has 1 aliphatic carbocycles. The number of amides is 1. The maximum absolute atomic E-state index is 12.8. The lowest BCUT2D eigenvalue weighted by Crippen LogP contribution is -2.42. The second kappa shape index (κ2) is 8.01. The van der Waals surface area contributed by atoms with Crippen LogP contribution in [0.2, 0.25) is 0 Å². The number of halogens is 1. The number of rotatable bonds is 5. The van der Waals surface area contributed by atoms with E-state index in [4.69, 9.17) is 5.73 Å². The number of hydrogen-bond donors (Lipinski definition) is 1. The van der Waals surface area contributed by atoms with E-state index < -0.39 is 0 Å². The topological polar surface area (TPSA) is 46.3 Å². The molecule has 1 aromatic heterocycles. The third-order valence-corrected chi connectivity index (χ3v) is 4.95. The standard InChI is InChI=1S/C15H24N2OS.ClH/c1-11(2)17(10-13-6-4-8-19-13)15(18)14-7-3-5-12(14)9-16;/h4,6,8,11-12,14H,3,5,7,9-10,16H2,1-2H3;1H/t12-,14-;/m1./s1. The van der Waals surface area contributed by atoms with E-state index in [1.807, 2.05) is 11.0 Å². The molecule has 1 heterocycles. The van der Waals surface area contributed by atoms with E-state index in [2.05, 4.69) is 25.3 Å². The fourth-order valence-electron chi connectivity index (χ4n) is 2.94. The molecule has 0 spiro atoms. The van der Waals surface area contributed by atoms with Crippen LogP contribution in [0, 0.1) is 11.8 Å². The molecule has 0 bridgehead atoms. The van der Waals surface area contributed by atoms with Crippen molar-refractivity contribution in [3.05, 3.63) is 22.4 Å². The molecule has 0 aliphatic heterocycles. The Bertz CT molecular complexity index is 408. The van der Waals surface area contributed by atoms with E-state index in [0.29, 0.717) is 18.4 Å². The van der Waals surface area contributed by atoms with Crippen LogP contribution >= 0.6 is 23.7 Å². The highest BCUT2D eigenvalue weighted by Gasteiger charge is 2.35. The van der Waals surface area contributed by atoms with Crippen LogP contribution in [-0.4, -0.2) is 23.4 Å². The van der Waals surface area contributed by atoms with Crippen molar-refractivity contribution < 1.29 is 4.79 Å². The van der Waals surface area contributed by atoms with Crippen molar-refractivity contribution in [3.63, 3.8) is 0 Å². The van der Waals surface area contributed by atoms with Gasteiger partial charge in [0.25, 0.3) is 0 Å². The molecule has 0 aromatic carbocycles. The number of carbonyl (C=O) groups excluding carboxylic acids is 1. The second-order valence-electron chi connectivity index (χ2n) is 5.67. The van der Waals surface area contributed by atoms with Crippen LogP contribution in [0.15, 0.2) is 17.5 Å². The Morgan fingerprint density at radius 3 is 2.80 bits per heavy atom. The summed E-state index contributed by atoms with van der Waals surface area (Å²) in [6, 6.07) is 4.39. The summed E-state index contributed by atoms with van der Waals surface area (Å²) in [5.41, 5.74) is 5.81. The Labute approximate surface area is 131 Å². The van der Waals surface area contributed by atoms with Gasteiger partial charge in [0.1, 0.15) is 0 Å². The van der Waals surface area contributed by atoms with Crippen molar-refractivity contribution in [1.82, 2.24) is 4.90 Å². The monoisotopic (exact) mass is 316 g/mol. The van der Waals surface area contributed by atoms with E-state index in [0.717, 1.165) is 25.8 Å². The van der Waals surface area contributed by atoms with Crippen LogP contribution in [0.1, 0.15) is 38.0 Å². The average Bonchev–Trinajstić information content (AvgIpc) is 3.05. The maximum atomic E-state index is 12.8. The zero-order valence-corrected chi connectivity index (χ0v) is 13.9. The van der Waals surface area contributed by atoms with Gasteiger partial charge in [-0.05, 0) is 50.6 Å². The minimum absolute atomic E-state index is 0. The Hall–Kier alpha value is -0.580. The summed E-state index contributed by atoms with van der Waals surface area (Å²) in [5.74, 6) is 0.834. The fraction of sp³-hybridized carbons (Fsp3) is 0.667. The van der Waals surface area contributed by atoms with E-state index in [1.165, 1.54) is 4.88 Å². The third-order valence-electron chi connectivity index (χ3n) is 4.09. The van der Waals surface area contributed by atoms with Gasteiger partial charge in [-0.15, -0.1) is 23.7 Å². The summed E-state index contributed by atoms with van der Waals surface area (Å²) in [4.78, 5) is 16.0. The van der Waals surface area contributed by atoms with Gasteiger partial charge in [0.15, 0.2) is 0 Å². The van der Waals surface area contributed by atoms with Gasteiger partial charge in [0, 0.05) is 16.8 Å². The lowest BCUT2D eigenvalue weighted by molar-refractivity contribution is -0.139. The summed E-state index contributed by atoms with van der Waals surface area (Å²) < 4.78 is 0. The molecule has 1 amide bonds. The lowest BCUT2D eigenvalue weighted by Gasteiger charge is -2.31. The first kappa shape index (κ1) is 17.5. The van der Waals surface area contributed by atoms with E-state index in [1.54, 1.807) is 11.3 Å². The predicted molar refractivity (Wildman–Crippen MR) is 87.1 cm³/mol. The Kier molecular flexibility index (Phi) is 7.00. The zero-order valence-electron chi connectivity index (χ0n) is 12.2. The van der Waals surface area contributed by atoms with Crippen molar-refractivity contribution in [2.45, 2.75) is 45.7 Å². The van der Waals surface area contributed by atoms with Gasteiger partial charge in [-0.3, -0.25) is 4.79 Å². The largest absolute Gasteiger partial charge is 0.335 e. The molecule has 1 aliphatic rings. The number of nitrogens with two attached hydrogens (primary N) is 1. The molecule has 1 fully saturated rings. The molecule has 0 unspecified atom stereocenters. The smallest absolute Gasteiger partial charge is 0.226 e. The van der Waals surface area contributed by atoms with Crippen molar-refractivity contribution in [2.75, 3.05) is 6.54 Å². The van der Waals surface area contributed by atoms with Crippen LogP contribution in [-0.2, 0) is 11.3 Å². The summed E-state index contributed by atoms with van der Waals surface area (Å²) in [7, 11) is 0. The van der Waals surface area contributed by atoms with Crippen molar-refractivity contribution in [2.24, 2.45) is 17.6 Å². The lowest BCUT2D eigenvalue weighted by atomic mass is 9.94. The first-order valence-corrected chi connectivity index (χ1v) is 8.04. The van der Waals surface area contributed by atoms with Crippen LogP contribution in [0.5, 0.6) is 0 Å². The number of thiophene rings is 1. The van der Waals surface area contributed by atoms with Gasteiger partial charge >= 0.3 is 0 Å². The highest BCUT2D eigenvalue weighted by atomic mass is 35.5. The van der Waals surface area contributed by atoms with Gasteiger partial charge in [-0.1, -0.05) is 12.5 Å². The van der Waals surface area contributed by atoms with Crippen molar-refractivity contribution >= 4 is 29.7 Å². The molecule has 5 heteroatoms. The van der Waals surface area contributed by atoms with Gasteiger partial charge in [0.2, 0.25) is 5.91 Å². The molecule has 114 valence electrons. The summed E-state index contributed by atoms with van der Waals surface area (Å²) in [6.45, 7) is 5.57. The van der Waals surface area contributed by atoms with Crippen molar-refractivity contribution in [3.8, 4) is 0 Å². The fourth-order valence-corrected chi connectivity index (χ4v) is 3.65. The molecule has 2 rings (SSSR count). The molecule has 2 N–H and O–H groups in total. The number of carbonyl (C=O) groups is 1. The molecule has 2 atom stereocenters. The SMILES string of the molecule is CC(C)N(Cc1cccs1)C(=O)[C@@H]1CCC[C@@H]1CN.Cl. The normalized spacial score (nSPS) is 21.8. The molecule has 0 saturated heterocycles. The second-order valence-corrected chi connectivity index (χ2v) is 6.70. The van der Waals surface area contributed by atoms with Crippen LogP contribution < -0.4 is 5.73 Å². The molecular weight excluding hydrogens is 292 g/mol. The van der Waals surface area contributed by atoms with Crippen LogP contribution in [0.4, 0.5) is 0 Å². The van der Waals surface area contributed by atoms with E-state index in [9.17, 15) is 4.79 Å². The molecule has 1 saturated carbocycles. The molecule has 20 heavy (non-hydrogen) atoms. The predicted octanol–water partition coefficient (Wildman–Crippen LogP) is 3.28. The first-order valence-electron chi connectivity index (χ1n) is 7.16. The highest BCUT2D eigenvalue weighted by Crippen LogP contribution is 2.33. The van der Waals surface area contributed by atoms with Gasteiger partial charge in [-0.25, -0.2) is 0 Å². The zero-order chi connectivity index (χ0) is 13.8.